The van der Waals surface area contributed by atoms with Gasteiger partial charge in [-0.15, -0.1) is 0 Å². The van der Waals surface area contributed by atoms with E-state index in [9.17, 15) is 0 Å². The van der Waals surface area contributed by atoms with Crippen molar-refractivity contribution < 1.29 is 0 Å². The molecule has 3 heteroatoms. The van der Waals surface area contributed by atoms with Crippen molar-refractivity contribution in [3.63, 3.8) is 0 Å². The van der Waals surface area contributed by atoms with Gasteiger partial charge >= 0.3 is 0 Å². The summed E-state index contributed by atoms with van der Waals surface area (Å²) in [5, 5.41) is 0. The highest BCUT2D eigenvalue weighted by Gasteiger charge is 2.37. The zero-order valence-electron chi connectivity index (χ0n) is 11.4. The predicted octanol–water partition coefficient (Wildman–Crippen LogP) is 3.41. The first-order valence-corrected chi connectivity index (χ1v) is 6.92. The molecule has 0 radical (unpaired) electrons. The number of nitrogens with zero attached hydrogens (tertiary/aromatic N) is 2. The average Bonchev–Trinajstić information content (AvgIpc) is 3.17. The van der Waals surface area contributed by atoms with Gasteiger partial charge in [-0.25, -0.2) is 9.97 Å². The summed E-state index contributed by atoms with van der Waals surface area (Å²) >= 11 is 0. The van der Waals surface area contributed by atoms with E-state index in [2.05, 4.69) is 18.8 Å². The van der Waals surface area contributed by atoms with E-state index in [1.54, 1.807) is 0 Å². The molecule has 0 spiro atoms. The minimum Gasteiger partial charge on any atom is -0.396 e. The van der Waals surface area contributed by atoms with Gasteiger partial charge < -0.3 is 5.73 Å². The molecule has 1 aromatic heterocycles. The Morgan fingerprint density at radius 2 is 1.89 bits per heavy atom. The lowest BCUT2D eigenvalue weighted by Gasteiger charge is -2.11. The Bertz CT molecular complexity index is 592. The molecule has 1 aliphatic carbocycles. The van der Waals surface area contributed by atoms with Crippen LogP contribution in [0.2, 0.25) is 0 Å². The van der Waals surface area contributed by atoms with E-state index >= 15 is 0 Å². The van der Waals surface area contributed by atoms with Crippen molar-refractivity contribution >= 4 is 5.69 Å². The maximum atomic E-state index is 6.22. The molecular weight excluding hydrogens is 234 g/mol. The quantitative estimate of drug-likeness (QED) is 0.912. The molecule has 1 aliphatic rings. The van der Waals surface area contributed by atoms with Crippen LogP contribution in [0, 0.1) is 5.92 Å². The van der Waals surface area contributed by atoms with Crippen LogP contribution in [-0.4, -0.2) is 9.97 Å². The number of rotatable bonds is 3. The van der Waals surface area contributed by atoms with Gasteiger partial charge in [0.25, 0.3) is 0 Å². The van der Waals surface area contributed by atoms with Gasteiger partial charge in [0.2, 0.25) is 0 Å². The first kappa shape index (κ1) is 12.2. The summed E-state index contributed by atoms with van der Waals surface area (Å²) < 4.78 is 0. The molecule has 0 bridgehead atoms. The van der Waals surface area contributed by atoms with E-state index in [4.69, 9.17) is 10.7 Å². The number of anilines is 1. The van der Waals surface area contributed by atoms with Crippen LogP contribution in [-0.2, 0) is 6.42 Å². The summed E-state index contributed by atoms with van der Waals surface area (Å²) in [7, 11) is 0. The zero-order valence-corrected chi connectivity index (χ0v) is 11.4. The number of aromatic nitrogens is 2. The maximum absolute atomic E-state index is 6.22. The molecule has 0 saturated heterocycles. The molecule has 19 heavy (non-hydrogen) atoms. The average molecular weight is 253 g/mol. The monoisotopic (exact) mass is 253 g/mol. The van der Waals surface area contributed by atoms with Gasteiger partial charge in [-0.1, -0.05) is 44.2 Å². The maximum Gasteiger partial charge on any atom is 0.159 e. The lowest BCUT2D eigenvalue weighted by molar-refractivity contribution is 0.870. The number of hydrogen-bond donors (Lipinski definition) is 1. The van der Waals surface area contributed by atoms with E-state index in [1.807, 2.05) is 30.3 Å². The van der Waals surface area contributed by atoms with Gasteiger partial charge in [-0.05, 0) is 18.8 Å². The highest BCUT2D eigenvalue weighted by Crippen LogP contribution is 2.48. The number of hydrogen-bond acceptors (Lipinski definition) is 3. The van der Waals surface area contributed by atoms with Gasteiger partial charge in [0, 0.05) is 11.5 Å². The lowest BCUT2D eigenvalue weighted by Crippen LogP contribution is -2.06. The molecular formula is C16H19N3. The van der Waals surface area contributed by atoms with E-state index < -0.39 is 0 Å². The summed E-state index contributed by atoms with van der Waals surface area (Å²) in [6.07, 6.45) is 2.04. The van der Waals surface area contributed by atoms with E-state index in [0.29, 0.717) is 11.8 Å². The van der Waals surface area contributed by atoms with Crippen LogP contribution >= 0.6 is 0 Å². The molecule has 1 aromatic carbocycles. The zero-order chi connectivity index (χ0) is 13.4. The molecule has 0 amide bonds. The Morgan fingerprint density at radius 3 is 2.47 bits per heavy atom. The summed E-state index contributed by atoms with van der Waals surface area (Å²) in [6.45, 7) is 4.34. The van der Waals surface area contributed by atoms with Crippen molar-refractivity contribution in [2.75, 3.05) is 5.73 Å². The number of benzene rings is 1. The smallest absolute Gasteiger partial charge is 0.159 e. The Labute approximate surface area is 113 Å². The van der Waals surface area contributed by atoms with Gasteiger partial charge in [0.1, 0.15) is 0 Å². The first-order valence-electron chi connectivity index (χ1n) is 6.92. The third kappa shape index (κ3) is 2.21. The lowest BCUT2D eigenvalue weighted by atomic mass is 10.1. The van der Waals surface area contributed by atoms with Crippen LogP contribution in [0.25, 0.3) is 11.4 Å². The van der Waals surface area contributed by atoms with Crippen LogP contribution in [0.1, 0.15) is 37.6 Å². The molecule has 0 aliphatic heterocycles. The molecule has 3 rings (SSSR count). The highest BCUT2D eigenvalue weighted by molar-refractivity contribution is 5.60. The second-order valence-electron chi connectivity index (χ2n) is 5.33. The van der Waals surface area contributed by atoms with Crippen LogP contribution in [0.4, 0.5) is 5.69 Å². The van der Waals surface area contributed by atoms with E-state index in [1.165, 1.54) is 6.42 Å². The Hall–Kier alpha value is -1.90. The summed E-state index contributed by atoms with van der Waals surface area (Å²) in [5.74, 6) is 2.03. The van der Waals surface area contributed by atoms with Crippen LogP contribution in [0.15, 0.2) is 30.3 Å². The fourth-order valence-electron chi connectivity index (χ4n) is 2.51. The highest BCUT2D eigenvalue weighted by atomic mass is 14.9. The fraction of sp³-hybridized carbons (Fsp3) is 0.375. The van der Waals surface area contributed by atoms with Crippen molar-refractivity contribution in [3.8, 4) is 11.4 Å². The van der Waals surface area contributed by atoms with Crippen molar-refractivity contribution in [2.24, 2.45) is 5.92 Å². The Kier molecular flexibility index (Phi) is 2.97. The van der Waals surface area contributed by atoms with Gasteiger partial charge in [0.15, 0.2) is 5.82 Å². The SMILES string of the molecule is CCc1nc(-c2ccccc2)nc(C2CC2C)c1N. The van der Waals surface area contributed by atoms with Gasteiger partial charge in [-0.2, -0.15) is 0 Å². The second-order valence-corrected chi connectivity index (χ2v) is 5.33. The molecule has 3 nitrogen and oxygen atoms in total. The van der Waals surface area contributed by atoms with Crippen LogP contribution in [0.3, 0.4) is 0 Å². The van der Waals surface area contributed by atoms with Gasteiger partial charge in [-0.3, -0.25) is 0 Å². The standard InChI is InChI=1S/C16H19N3/c1-3-13-14(17)15(12-9-10(12)2)19-16(18-13)11-7-5-4-6-8-11/h4-8,10,12H,3,9,17H2,1-2H3. The molecule has 2 atom stereocenters. The third-order valence-corrected chi connectivity index (χ3v) is 3.88. The summed E-state index contributed by atoms with van der Waals surface area (Å²) in [5.41, 5.74) is 10.1. The predicted molar refractivity (Wildman–Crippen MR) is 77.8 cm³/mol. The summed E-state index contributed by atoms with van der Waals surface area (Å²) in [4.78, 5) is 9.35. The van der Waals surface area contributed by atoms with Crippen molar-refractivity contribution in [3.05, 3.63) is 41.7 Å². The molecule has 1 fully saturated rings. The third-order valence-electron chi connectivity index (χ3n) is 3.88. The molecule has 98 valence electrons. The topological polar surface area (TPSA) is 51.8 Å². The van der Waals surface area contributed by atoms with Crippen molar-refractivity contribution in [1.82, 2.24) is 9.97 Å². The molecule has 2 aromatic rings. The second kappa shape index (κ2) is 4.65. The number of nitrogen functional groups attached to an aromatic ring is 1. The first-order chi connectivity index (χ1) is 9.20. The molecule has 1 heterocycles. The fourth-order valence-corrected chi connectivity index (χ4v) is 2.51. The largest absolute Gasteiger partial charge is 0.396 e. The summed E-state index contributed by atoms with van der Waals surface area (Å²) in [6, 6.07) is 10.1. The Balaban J connectivity index is 2.11. The van der Waals surface area contributed by atoms with Gasteiger partial charge in [0.05, 0.1) is 17.1 Å². The van der Waals surface area contributed by atoms with Crippen LogP contribution in [0.5, 0.6) is 0 Å². The van der Waals surface area contributed by atoms with Crippen LogP contribution < -0.4 is 5.73 Å². The van der Waals surface area contributed by atoms with Crippen molar-refractivity contribution in [1.29, 1.82) is 0 Å². The number of aryl methyl sites for hydroxylation is 1. The number of nitrogens with two attached hydrogens (primary N) is 1. The molecule has 1 saturated carbocycles. The van der Waals surface area contributed by atoms with Crippen molar-refractivity contribution in [2.45, 2.75) is 32.6 Å². The molecule has 2 N–H and O–H groups in total. The minimum atomic E-state index is 0.524. The normalized spacial score (nSPS) is 21.4. The Morgan fingerprint density at radius 1 is 1.21 bits per heavy atom. The minimum absolute atomic E-state index is 0.524. The molecule has 2 unspecified atom stereocenters. The van der Waals surface area contributed by atoms with E-state index in [-0.39, 0.29) is 0 Å². The van der Waals surface area contributed by atoms with E-state index in [0.717, 1.165) is 34.9 Å².